The molecule has 3 rings (SSSR count). The molecule has 0 saturated carbocycles. The molecule has 1 saturated heterocycles. The maximum absolute atomic E-state index is 7.66. The highest BCUT2D eigenvalue weighted by atomic mass is 79.9. The maximum atomic E-state index is 7.66. The maximum Gasteiger partial charge on any atom is 0.179 e. The number of aliphatic imine (C=N–C) groups is 2. The van der Waals surface area contributed by atoms with Crippen LogP contribution in [0.5, 0.6) is 0 Å². The molecule has 29 heavy (non-hydrogen) atoms. The van der Waals surface area contributed by atoms with E-state index in [0.717, 1.165) is 41.1 Å². The van der Waals surface area contributed by atoms with Crippen LogP contribution in [0.25, 0.3) is 5.70 Å². The first kappa shape index (κ1) is 20.9. The number of nitrogens with one attached hydrogen (secondary N) is 1. The van der Waals surface area contributed by atoms with E-state index in [-0.39, 0.29) is 12.0 Å². The predicted octanol–water partition coefficient (Wildman–Crippen LogP) is 3.15. The van der Waals surface area contributed by atoms with E-state index in [4.69, 9.17) is 16.1 Å². The molecule has 9 heteroatoms. The lowest BCUT2D eigenvalue weighted by Gasteiger charge is -2.40. The van der Waals surface area contributed by atoms with E-state index in [2.05, 4.69) is 49.4 Å². The van der Waals surface area contributed by atoms with E-state index in [1.807, 2.05) is 17.2 Å². The summed E-state index contributed by atoms with van der Waals surface area (Å²) in [4.78, 5) is 21.7. The first-order valence-electron chi connectivity index (χ1n) is 9.43. The molecule has 0 aliphatic carbocycles. The Morgan fingerprint density at radius 2 is 2.31 bits per heavy atom. The quantitative estimate of drug-likeness (QED) is 0.504. The molecule has 3 N–H and O–H groups in total. The zero-order chi connectivity index (χ0) is 20.8. The molecule has 152 valence electrons. The Labute approximate surface area is 179 Å². The smallest absolute Gasteiger partial charge is 0.179 e. The van der Waals surface area contributed by atoms with E-state index in [1.165, 1.54) is 6.21 Å². The van der Waals surface area contributed by atoms with Crippen molar-refractivity contribution in [2.45, 2.75) is 25.8 Å². The number of rotatable bonds is 6. The Kier molecular flexibility index (Phi) is 6.92. The summed E-state index contributed by atoms with van der Waals surface area (Å²) >= 11 is 3.40. The number of anilines is 1. The summed E-state index contributed by atoms with van der Waals surface area (Å²) in [7, 11) is 0. The van der Waals surface area contributed by atoms with Gasteiger partial charge in [0, 0.05) is 43.3 Å². The van der Waals surface area contributed by atoms with Gasteiger partial charge in [-0.25, -0.2) is 9.97 Å². The highest BCUT2D eigenvalue weighted by Gasteiger charge is 2.31. The van der Waals surface area contributed by atoms with Gasteiger partial charge in [0.15, 0.2) is 5.82 Å². The lowest BCUT2D eigenvalue weighted by Crippen LogP contribution is -2.45. The molecular weight excluding hydrogens is 432 g/mol. The third-order valence-corrected chi connectivity index (χ3v) is 5.63. The van der Waals surface area contributed by atoms with Gasteiger partial charge in [0.2, 0.25) is 0 Å². The SMILES string of the molecule is C=N/C=C(/c1nccc(N2CCCC(/C(C=N)=C/N)C2C)n1)N1C=C(Br)N=CC1. The molecule has 1 aromatic heterocycles. The van der Waals surface area contributed by atoms with Crippen molar-refractivity contribution in [1.29, 1.82) is 5.41 Å². The molecule has 0 aromatic carbocycles. The van der Waals surface area contributed by atoms with Crippen LogP contribution in [0.2, 0.25) is 0 Å². The van der Waals surface area contributed by atoms with Gasteiger partial charge < -0.3 is 20.9 Å². The first-order chi connectivity index (χ1) is 14.1. The number of aromatic nitrogens is 2. The zero-order valence-electron chi connectivity index (χ0n) is 16.4. The molecular formula is C20H25BrN8. The summed E-state index contributed by atoms with van der Waals surface area (Å²) in [5.41, 5.74) is 7.35. The van der Waals surface area contributed by atoms with Gasteiger partial charge in [0.25, 0.3) is 0 Å². The van der Waals surface area contributed by atoms with E-state index in [0.29, 0.717) is 12.4 Å². The summed E-state index contributed by atoms with van der Waals surface area (Å²) in [5.74, 6) is 1.61. The van der Waals surface area contributed by atoms with Crippen molar-refractivity contribution < 1.29 is 0 Å². The lowest BCUT2D eigenvalue weighted by molar-refractivity contribution is 0.387. The molecule has 2 atom stereocenters. The van der Waals surface area contributed by atoms with Crippen molar-refractivity contribution in [3.8, 4) is 0 Å². The van der Waals surface area contributed by atoms with Crippen molar-refractivity contribution >= 4 is 46.6 Å². The molecule has 1 aromatic rings. The van der Waals surface area contributed by atoms with Crippen LogP contribution in [0.15, 0.2) is 51.0 Å². The highest BCUT2D eigenvalue weighted by Crippen LogP contribution is 2.32. The standard InChI is InChI=1S/C20H25BrN8/c1-14-16(15(10-22)11-23)4-3-8-29(14)19-5-6-26-20(27-19)17(12-24-2)28-9-7-25-18(21)13-28/h5-7,10-14,16,22H,2-4,8-9,23H2,1H3/b15-11+,17-12-,22-10?. The molecule has 0 bridgehead atoms. The summed E-state index contributed by atoms with van der Waals surface area (Å²) in [6, 6.07) is 2.09. The second kappa shape index (κ2) is 9.60. The molecule has 2 unspecified atom stereocenters. The Balaban J connectivity index is 1.92. The van der Waals surface area contributed by atoms with Gasteiger partial charge in [-0.05, 0) is 60.3 Å². The number of hydrogen-bond donors (Lipinski definition) is 2. The molecule has 8 nitrogen and oxygen atoms in total. The molecule has 0 amide bonds. The largest absolute Gasteiger partial charge is 0.404 e. The van der Waals surface area contributed by atoms with E-state index >= 15 is 0 Å². The molecule has 3 heterocycles. The van der Waals surface area contributed by atoms with Crippen LogP contribution in [0, 0.1) is 11.3 Å². The highest BCUT2D eigenvalue weighted by molar-refractivity contribution is 9.11. The van der Waals surface area contributed by atoms with E-state index in [9.17, 15) is 0 Å². The lowest BCUT2D eigenvalue weighted by atomic mass is 9.84. The average Bonchev–Trinajstić information content (AvgIpc) is 2.74. The summed E-state index contributed by atoms with van der Waals surface area (Å²) < 4.78 is 0.718. The Morgan fingerprint density at radius 1 is 1.48 bits per heavy atom. The fourth-order valence-corrected chi connectivity index (χ4v) is 4.16. The predicted molar refractivity (Wildman–Crippen MR) is 122 cm³/mol. The minimum atomic E-state index is 0.170. The first-order valence-corrected chi connectivity index (χ1v) is 10.2. The van der Waals surface area contributed by atoms with Crippen LogP contribution >= 0.6 is 15.9 Å². The average molecular weight is 457 g/mol. The van der Waals surface area contributed by atoms with Gasteiger partial charge in [-0.1, -0.05) is 0 Å². The third kappa shape index (κ3) is 4.61. The van der Waals surface area contributed by atoms with Gasteiger partial charge in [-0.3, -0.25) is 9.98 Å². The van der Waals surface area contributed by atoms with E-state index < -0.39 is 0 Å². The summed E-state index contributed by atoms with van der Waals surface area (Å²) in [6.45, 7) is 7.23. The van der Waals surface area contributed by atoms with Crippen LogP contribution in [0.4, 0.5) is 5.82 Å². The van der Waals surface area contributed by atoms with Crippen molar-refractivity contribution in [2.24, 2.45) is 21.6 Å². The van der Waals surface area contributed by atoms with Crippen molar-refractivity contribution in [2.75, 3.05) is 18.0 Å². The van der Waals surface area contributed by atoms with Crippen LogP contribution < -0.4 is 10.6 Å². The van der Waals surface area contributed by atoms with E-state index in [1.54, 1.807) is 24.8 Å². The minimum Gasteiger partial charge on any atom is -0.404 e. The molecule has 0 radical (unpaired) electrons. The molecule has 1 fully saturated rings. The second-order valence-electron chi connectivity index (χ2n) is 6.84. The molecule has 2 aliphatic rings. The second-order valence-corrected chi connectivity index (χ2v) is 7.66. The van der Waals surface area contributed by atoms with Crippen LogP contribution in [0.1, 0.15) is 25.6 Å². The molecule has 2 aliphatic heterocycles. The fourth-order valence-electron chi connectivity index (χ4n) is 3.77. The molecule has 0 spiro atoms. The number of halogens is 1. The van der Waals surface area contributed by atoms with Crippen molar-refractivity contribution in [3.63, 3.8) is 0 Å². The monoisotopic (exact) mass is 456 g/mol. The number of nitrogens with zero attached hydrogens (tertiary/aromatic N) is 6. The third-order valence-electron chi connectivity index (χ3n) is 5.22. The fraction of sp³-hybridized carbons (Fsp3) is 0.350. The summed E-state index contributed by atoms with van der Waals surface area (Å²) in [6.07, 6.45) is 12.0. The van der Waals surface area contributed by atoms with Crippen molar-refractivity contribution in [1.82, 2.24) is 14.9 Å². The van der Waals surface area contributed by atoms with Crippen LogP contribution in [-0.2, 0) is 0 Å². The Bertz CT molecular complexity index is 888. The topological polar surface area (TPSA) is 107 Å². The number of nitrogens with two attached hydrogens (primary N) is 1. The Morgan fingerprint density at radius 3 is 3.00 bits per heavy atom. The van der Waals surface area contributed by atoms with Gasteiger partial charge in [0.05, 0.1) is 12.7 Å². The van der Waals surface area contributed by atoms with Crippen molar-refractivity contribution in [3.05, 3.63) is 46.9 Å². The normalized spacial score (nSPS) is 23.0. The van der Waals surface area contributed by atoms with Gasteiger partial charge in [-0.15, -0.1) is 0 Å². The van der Waals surface area contributed by atoms with Crippen LogP contribution in [-0.4, -0.2) is 53.1 Å². The summed E-state index contributed by atoms with van der Waals surface area (Å²) in [5, 5.41) is 7.66. The van der Waals surface area contributed by atoms with Crippen LogP contribution in [0.3, 0.4) is 0 Å². The number of hydrogen-bond acceptors (Lipinski definition) is 8. The van der Waals surface area contributed by atoms with Gasteiger partial charge in [-0.2, -0.15) is 0 Å². The van der Waals surface area contributed by atoms with Gasteiger partial charge in [0.1, 0.15) is 16.1 Å². The Hall–Kier alpha value is -2.81. The number of piperidine rings is 1. The zero-order valence-corrected chi connectivity index (χ0v) is 18.0. The minimum absolute atomic E-state index is 0.170. The van der Waals surface area contributed by atoms with Gasteiger partial charge >= 0.3 is 0 Å².